The van der Waals surface area contributed by atoms with Gasteiger partial charge in [-0.05, 0) is 84.3 Å². The lowest BCUT2D eigenvalue weighted by atomic mass is 10.2. The van der Waals surface area contributed by atoms with E-state index in [0.717, 1.165) is 33.8 Å². The fourth-order valence-electron chi connectivity index (χ4n) is 5.11. The molecule has 0 bridgehead atoms. The monoisotopic (exact) mass is 616 g/mol. The Labute approximate surface area is 247 Å². The van der Waals surface area contributed by atoms with Gasteiger partial charge in [-0.25, -0.2) is 0 Å². The summed E-state index contributed by atoms with van der Waals surface area (Å²) in [5, 5.41) is 5.70. The van der Waals surface area contributed by atoms with Crippen molar-refractivity contribution >= 4 is 79.9 Å². The second-order valence-electron chi connectivity index (χ2n) is 10.1. The van der Waals surface area contributed by atoms with Gasteiger partial charge in [0.2, 0.25) is 13.8 Å². The van der Waals surface area contributed by atoms with Crippen molar-refractivity contribution in [3.05, 3.63) is 118 Å². The topological polar surface area (TPSA) is 6.48 Å². The van der Waals surface area contributed by atoms with Crippen molar-refractivity contribution < 1.29 is 0 Å². The van der Waals surface area contributed by atoms with E-state index in [1.807, 2.05) is 24.3 Å². The van der Waals surface area contributed by atoms with Gasteiger partial charge in [-0.15, -0.1) is 0 Å². The summed E-state index contributed by atoms with van der Waals surface area (Å²) in [6, 6.07) is 33.0. The minimum absolute atomic E-state index is 0.667. The summed E-state index contributed by atoms with van der Waals surface area (Å²) in [7, 11) is 8.33. The minimum Gasteiger partial charge on any atom is -0.305 e. The highest BCUT2D eigenvalue weighted by Crippen LogP contribution is 2.31. The van der Waals surface area contributed by atoms with Gasteiger partial charge in [0.15, 0.2) is 0 Å². The summed E-state index contributed by atoms with van der Waals surface area (Å²) >= 11 is 29.4. The largest absolute Gasteiger partial charge is 0.305 e. The highest BCUT2D eigenvalue weighted by atomic mass is 35.6. The summed E-state index contributed by atoms with van der Waals surface area (Å²) in [5.74, 6) is 0. The van der Waals surface area contributed by atoms with Crippen LogP contribution in [0.3, 0.4) is 0 Å². The van der Waals surface area contributed by atoms with E-state index in [4.69, 9.17) is 45.4 Å². The molecule has 4 aromatic rings. The fourth-order valence-corrected chi connectivity index (χ4v) is 23.4. The van der Waals surface area contributed by atoms with Gasteiger partial charge in [0.05, 0.1) is 0 Å². The molecule has 38 heavy (non-hydrogen) atoms. The van der Waals surface area contributed by atoms with E-state index < -0.39 is 13.8 Å². The Balaban J connectivity index is 2.16. The van der Waals surface area contributed by atoms with Crippen LogP contribution in [-0.2, 0) is 13.1 Å². The Morgan fingerprint density at radius 2 is 0.842 bits per heavy atom. The van der Waals surface area contributed by atoms with Gasteiger partial charge in [-0.1, -0.05) is 96.0 Å². The first-order chi connectivity index (χ1) is 18.1. The second kappa shape index (κ2) is 12.3. The predicted octanol–water partition coefficient (Wildman–Crippen LogP) is 5.49. The second-order valence-corrected chi connectivity index (χ2v) is 25.7. The molecule has 0 amide bonds. The molecule has 4 aromatic carbocycles. The first-order valence-electron chi connectivity index (χ1n) is 12.4. The molecule has 4 rings (SSSR count). The first kappa shape index (κ1) is 29.4. The van der Waals surface area contributed by atoms with Crippen LogP contribution in [-0.4, -0.2) is 51.8 Å². The normalized spacial score (nSPS) is 12.4. The number of hydrogen-bond donors (Lipinski definition) is 0. The van der Waals surface area contributed by atoms with Crippen molar-refractivity contribution in [3.63, 3.8) is 0 Å². The maximum absolute atomic E-state index is 8.39. The van der Waals surface area contributed by atoms with Crippen LogP contribution >= 0.6 is 45.4 Å². The molecule has 0 aliphatic carbocycles. The quantitative estimate of drug-likeness (QED) is 0.181. The summed E-state index contributed by atoms with van der Waals surface area (Å²) in [6.45, 7) is -4.96. The molecule has 2 nitrogen and oxygen atoms in total. The maximum Gasteiger partial charge on any atom is 0.234 e. The number of hydrogen-bond acceptors (Lipinski definition) is 2. The van der Waals surface area contributed by atoms with Crippen LogP contribution in [0.25, 0.3) is 0 Å². The molecule has 0 aliphatic heterocycles. The maximum atomic E-state index is 8.39. The van der Waals surface area contributed by atoms with E-state index in [2.05, 4.69) is 111 Å². The van der Waals surface area contributed by atoms with Gasteiger partial charge >= 0.3 is 0 Å². The van der Waals surface area contributed by atoms with E-state index in [0.29, 0.717) is 10.0 Å². The van der Waals surface area contributed by atoms with Crippen LogP contribution in [0.5, 0.6) is 0 Å². The molecular formula is C30H32Cl4N2Si2. The summed E-state index contributed by atoms with van der Waals surface area (Å²) in [6.07, 6.45) is 0. The van der Waals surface area contributed by atoms with E-state index in [1.54, 1.807) is 0 Å². The molecule has 0 saturated heterocycles. The zero-order valence-corrected chi connectivity index (χ0v) is 27.1. The molecule has 0 fully saturated rings. The number of rotatable bonds is 9. The van der Waals surface area contributed by atoms with Crippen LogP contribution in [0, 0.1) is 0 Å². The van der Waals surface area contributed by atoms with Crippen molar-refractivity contribution in [1.82, 2.24) is 9.80 Å². The van der Waals surface area contributed by atoms with Crippen LogP contribution in [0.4, 0.5) is 0 Å². The van der Waals surface area contributed by atoms with Crippen molar-refractivity contribution in [2.45, 2.75) is 13.1 Å². The third-order valence-electron chi connectivity index (χ3n) is 6.71. The third kappa shape index (κ3) is 5.79. The smallest absolute Gasteiger partial charge is 0.234 e. The Kier molecular flexibility index (Phi) is 9.49. The number of benzene rings is 4. The molecular weight excluding hydrogens is 586 g/mol. The van der Waals surface area contributed by atoms with Gasteiger partial charge in [0, 0.05) is 23.1 Å². The highest BCUT2D eigenvalue weighted by molar-refractivity contribution is 7.84. The standard InChI is InChI=1S/C30H32Cl4N2Si2/c1-35(2)21-23-9-5-7-11-29(23)38(34,30-12-8-6-10-24(30)22-36(3)4)37(33,27-17-13-25(31)14-18-27)28-19-15-26(32)16-20-28/h5-20H,21-22H2,1-4H3. The SMILES string of the molecule is CN(C)Cc1ccccc1[Si](Cl)(c1ccccc1CN(C)C)[Si](Cl)(c1ccc(Cl)cc1)c1ccc(Cl)cc1. The Hall–Kier alpha value is -1.61. The summed E-state index contributed by atoms with van der Waals surface area (Å²) < 4.78 is 0. The molecule has 0 unspecified atom stereocenters. The number of halogens is 4. The van der Waals surface area contributed by atoms with E-state index in [1.165, 1.54) is 11.1 Å². The van der Waals surface area contributed by atoms with Crippen molar-refractivity contribution in [2.75, 3.05) is 28.2 Å². The molecule has 0 spiro atoms. The lowest BCUT2D eigenvalue weighted by Gasteiger charge is -2.42. The summed E-state index contributed by atoms with van der Waals surface area (Å²) in [5.41, 5.74) is 2.39. The molecule has 0 radical (unpaired) electrons. The van der Waals surface area contributed by atoms with Gasteiger partial charge < -0.3 is 9.80 Å². The Bertz CT molecular complexity index is 1280. The van der Waals surface area contributed by atoms with E-state index in [9.17, 15) is 0 Å². The molecule has 0 aliphatic rings. The van der Waals surface area contributed by atoms with Crippen LogP contribution in [0.15, 0.2) is 97.1 Å². The Morgan fingerprint density at radius 3 is 1.18 bits per heavy atom. The molecule has 0 saturated carbocycles. The molecule has 0 N–H and O–H groups in total. The van der Waals surface area contributed by atoms with Crippen LogP contribution < -0.4 is 20.7 Å². The Morgan fingerprint density at radius 1 is 0.500 bits per heavy atom. The average molecular weight is 619 g/mol. The summed E-state index contributed by atoms with van der Waals surface area (Å²) in [4.78, 5) is 4.36. The molecule has 0 heterocycles. The molecule has 8 heteroatoms. The van der Waals surface area contributed by atoms with Gasteiger partial charge in [-0.3, -0.25) is 0 Å². The molecule has 198 valence electrons. The number of nitrogens with zero attached hydrogens (tertiary/aromatic N) is 2. The highest BCUT2D eigenvalue weighted by Gasteiger charge is 2.60. The zero-order chi connectivity index (χ0) is 27.5. The van der Waals surface area contributed by atoms with Gasteiger partial charge in [0.25, 0.3) is 0 Å². The van der Waals surface area contributed by atoms with Crippen molar-refractivity contribution in [1.29, 1.82) is 0 Å². The van der Waals surface area contributed by atoms with E-state index >= 15 is 0 Å². The van der Waals surface area contributed by atoms with Crippen molar-refractivity contribution in [2.24, 2.45) is 0 Å². The molecule has 0 aromatic heterocycles. The van der Waals surface area contributed by atoms with Gasteiger partial charge in [-0.2, -0.15) is 22.2 Å². The predicted molar refractivity (Wildman–Crippen MR) is 172 cm³/mol. The fraction of sp³-hybridized carbons (Fsp3) is 0.200. The van der Waals surface area contributed by atoms with Gasteiger partial charge in [0.1, 0.15) is 0 Å². The zero-order valence-electron chi connectivity index (χ0n) is 22.1. The van der Waals surface area contributed by atoms with Crippen LogP contribution in [0.2, 0.25) is 10.0 Å². The first-order valence-corrected chi connectivity index (χ1v) is 20.2. The minimum atomic E-state index is -3.26. The van der Waals surface area contributed by atoms with E-state index in [-0.39, 0.29) is 0 Å². The molecule has 0 atom stereocenters. The van der Waals surface area contributed by atoms with Crippen molar-refractivity contribution in [3.8, 4) is 0 Å². The lowest BCUT2D eigenvalue weighted by molar-refractivity contribution is 0.403. The average Bonchev–Trinajstić information content (AvgIpc) is 2.88. The van der Waals surface area contributed by atoms with Crippen LogP contribution in [0.1, 0.15) is 11.1 Å². The lowest BCUT2D eigenvalue weighted by Crippen LogP contribution is -2.81. The third-order valence-corrected chi connectivity index (χ3v) is 27.6.